The molecule has 20 heavy (non-hydrogen) atoms. The van der Waals surface area contributed by atoms with Gasteiger partial charge in [0.05, 0.1) is 8.42 Å². The molecule has 0 saturated carbocycles. The van der Waals surface area contributed by atoms with E-state index in [1.165, 1.54) is 18.2 Å². The maximum atomic E-state index is 5.36. The third-order valence-electron chi connectivity index (χ3n) is 2.43. The Morgan fingerprint density at radius 3 is 1.45 bits per heavy atom. The standard InChI is InChI=1S/C15H10S5/c16-15-19-13(17-11-7-3-1-4-8-11)14(20-15)18-12-9-5-2-6-10-12/h1-10H. The molecule has 0 atom stereocenters. The molecule has 5 heteroatoms. The van der Waals surface area contributed by atoms with Gasteiger partial charge in [0.25, 0.3) is 0 Å². The third-order valence-corrected chi connectivity index (χ3v) is 7.85. The largest absolute Gasteiger partial charge is 0.145 e. The fourth-order valence-electron chi connectivity index (χ4n) is 1.57. The Kier molecular flexibility index (Phi) is 4.96. The molecular weight excluding hydrogens is 341 g/mol. The average molecular weight is 351 g/mol. The van der Waals surface area contributed by atoms with Gasteiger partial charge < -0.3 is 0 Å². The quantitative estimate of drug-likeness (QED) is 0.473. The highest BCUT2D eigenvalue weighted by Gasteiger charge is 2.10. The van der Waals surface area contributed by atoms with Gasteiger partial charge in [-0.25, -0.2) is 0 Å². The van der Waals surface area contributed by atoms with Crippen molar-refractivity contribution < 1.29 is 0 Å². The highest BCUT2D eigenvalue weighted by Crippen LogP contribution is 2.45. The predicted octanol–water partition coefficient (Wildman–Crippen LogP) is 6.84. The van der Waals surface area contributed by atoms with Crippen LogP contribution in [0.1, 0.15) is 0 Å². The normalized spacial score (nSPS) is 10.6. The van der Waals surface area contributed by atoms with Crippen LogP contribution in [-0.4, -0.2) is 0 Å². The molecule has 0 aliphatic carbocycles. The monoisotopic (exact) mass is 350 g/mol. The zero-order valence-electron chi connectivity index (χ0n) is 10.3. The van der Waals surface area contributed by atoms with Crippen molar-refractivity contribution in [2.75, 3.05) is 0 Å². The fourth-order valence-corrected chi connectivity index (χ4v) is 7.43. The summed E-state index contributed by atoms with van der Waals surface area (Å²) in [6.45, 7) is 0. The van der Waals surface area contributed by atoms with Gasteiger partial charge in [0.2, 0.25) is 0 Å². The molecule has 0 nitrogen and oxygen atoms in total. The molecule has 3 aromatic rings. The van der Waals surface area contributed by atoms with Crippen LogP contribution in [0, 0.1) is 3.14 Å². The summed E-state index contributed by atoms with van der Waals surface area (Å²) in [5, 5.41) is 0. The topological polar surface area (TPSA) is 0 Å². The first-order valence-corrected chi connectivity index (χ1v) is 9.58. The minimum Gasteiger partial charge on any atom is -0.105 e. The average Bonchev–Trinajstić information content (AvgIpc) is 2.81. The molecule has 0 aliphatic rings. The number of hydrogen-bond donors (Lipinski definition) is 0. The molecule has 3 rings (SSSR count). The van der Waals surface area contributed by atoms with Crippen LogP contribution in [0.5, 0.6) is 0 Å². The van der Waals surface area contributed by atoms with Crippen molar-refractivity contribution in [3.63, 3.8) is 0 Å². The van der Waals surface area contributed by atoms with E-state index in [4.69, 9.17) is 12.2 Å². The van der Waals surface area contributed by atoms with Crippen LogP contribution >= 0.6 is 58.4 Å². The van der Waals surface area contributed by atoms with E-state index in [2.05, 4.69) is 48.5 Å². The van der Waals surface area contributed by atoms with E-state index in [9.17, 15) is 0 Å². The van der Waals surface area contributed by atoms with Crippen LogP contribution in [0.3, 0.4) is 0 Å². The van der Waals surface area contributed by atoms with Crippen LogP contribution in [0.15, 0.2) is 78.9 Å². The van der Waals surface area contributed by atoms with Crippen molar-refractivity contribution in [2.24, 2.45) is 0 Å². The van der Waals surface area contributed by atoms with Crippen LogP contribution in [0.2, 0.25) is 0 Å². The molecule has 0 spiro atoms. The summed E-state index contributed by atoms with van der Waals surface area (Å²) in [6.07, 6.45) is 0. The van der Waals surface area contributed by atoms with Gasteiger partial charge in [-0.2, -0.15) is 0 Å². The molecule has 0 aliphatic heterocycles. The third kappa shape index (κ3) is 3.74. The highest BCUT2D eigenvalue weighted by atomic mass is 32.2. The highest BCUT2D eigenvalue weighted by molar-refractivity contribution is 8.05. The Morgan fingerprint density at radius 1 is 0.650 bits per heavy atom. The first-order valence-electron chi connectivity index (χ1n) is 5.91. The summed E-state index contributed by atoms with van der Waals surface area (Å²) >= 11 is 12.4. The molecule has 0 N–H and O–H groups in total. The molecule has 0 amide bonds. The first-order chi connectivity index (χ1) is 9.81. The summed E-state index contributed by atoms with van der Waals surface area (Å²) in [5.74, 6) is 0. The summed E-state index contributed by atoms with van der Waals surface area (Å²) < 4.78 is 3.57. The number of rotatable bonds is 4. The van der Waals surface area contributed by atoms with Crippen LogP contribution in [0.4, 0.5) is 0 Å². The molecule has 1 heterocycles. The molecule has 0 saturated heterocycles. The van der Waals surface area contributed by atoms with Gasteiger partial charge in [0.1, 0.15) is 3.14 Å². The Morgan fingerprint density at radius 2 is 1.05 bits per heavy atom. The van der Waals surface area contributed by atoms with E-state index in [0.717, 1.165) is 3.14 Å². The molecule has 0 bridgehead atoms. The van der Waals surface area contributed by atoms with Crippen molar-refractivity contribution in [1.82, 2.24) is 0 Å². The first kappa shape index (κ1) is 14.4. The van der Waals surface area contributed by atoms with Crippen LogP contribution < -0.4 is 0 Å². The SMILES string of the molecule is S=c1sc(Sc2ccccc2)c(Sc2ccccc2)s1. The van der Waals surface area contributed by atoms with Crippen molar-refractivity contribution in [3.05, 3.63) is 63.8 Å². The molecule has 100 valence electrons. The van der Waals surface area contributed by atoms with Gasteiger partial charge in [0, 0.05) is 9.79 Å². The smallest absolute Gasteiger partial charge is 0.105 e. The van der Waals surface area contributed by atoms with E-state index in [1.54, 1.807) is 46.2 Å². The van der Waals surface area contributed by atoms with Gasteiger partial charge in [-0.15, -0.1) is 22.7 Å². The number of benzene rings is 2. The summed E-state index contributed by atoms with van der Waals surface area (Å²) in [6, 6.07) is 20.9. The lowest BCUT2D eigenvalue weighted by Gasteiger charge is -2.02. The molecule has 0 unspecified atom stereocenters. The van der Waals surface area contributed by atoms with Crippen molar-refractivity contribution >= 4 is 58.4 Å². The van der Waals surface area contributed by atoms with E-state index in [0.29, 0.717) is 0 Å². The second-order valence-corrected chi connectivity index (χ2v) is 9.77. The Hall–Kier alpha value is -0.590. The van der Waals surface area contributed by atoms with Gasteiger partial charge in [-0.1, -0.05) is 72.1 Å². The lowest BCUT2D eigenvalue weighted by molar-refractivity contribution is 1.41. The van der Waals surface area contributed by atoms with E-state index >= 15 is 0 Å². The van der Waals surface area contributed by atoms with Crippen molar-refractivity contribution in [2.45, 2.75) is 18.2 Å². The maximum absolute atomic E-state index is 5.36. The second kappa shape index (κ2) is 6.91. The van der Waals surface area contributed by atoms with Gasteiger partial charge in [-0.3, -0.25) is 0 Å². The van der Waals surface area contributed by atoms with Gasteiger partial charge in [-0.05, 0) is 24.3 Å². The second-order valence-electron chi connectivity index (χ2n) is 3.86. The van der Waals surface area contributed by atoms with E-state index < -0.39 is 0 Å². The van der Waals surface area contributed by atoms with E-state index in [1.807, 2.05) is 12.1 Å². The zero-order chi connectivity index (χ0) is 13.8. The Bertz CT molecular complexity index is 666. The van der Waals surface area contributed by atoms with Crippen molar-refractivity contribution in [3.8, 4) is 0 Å². The molecule has 2 aromatic carbocycles. The van der Waals surface area contributed by atoms with Gasteiger partial charge >= 0.3 is 0 Å². The predicted molar refractivity (Wildman–Crippen MR) is 94.2 cm³/mol. The molecular formula is C15H10S5. The molecule has 0 fully saturated rings. The number of hydrogen-bond acceptors (Lipinski definition) is 5. The van der Waals surface area contributed by atoms with E-state index in [-0.39, 0.29) is 0 Å². The minimum absolute atomic E-state index is 0.988. The summed E-state index contributed by atoms with van der Waals surface area (Å²) in [5.41, 5.74) is 0. The summed E-state index contributed by atoms with van der Waals surface area (Å²) in [7, 11) is 0. The maximum Gasteiger partial charge on any atom is 0.145 e. The lowest BCUT2D eigenvalue weighted by Crippen LogP contribution is -1.72. The molecule has 0 radical (unpaired) electrons. The lowest BCUT2D eigenvalue weighted by atomic mass is 10.4. The Labute approximate surface area is 139 Å². The van der Waals surface area contributed by atoms with Crippen molar-refractivity contribution in [1.29, 1.82) is 0 Å². The molecule has 1 aromatic heterocycles. The van der Waals surface area contributed by atoms with Gasteiger partial charge in [0.15, 0.2) is 0 Å². The van der Waals surface area contributed by atoms with Crippen LogP contribution in [-0.2, 0) is 0 Å². The van der Waals surface area contributed by atoms with Crippen LogP contribution in [0.25, 0.3) is 0 Å². The fraction of sp³-hybridized carbons (Fsp3) is 0. The summed E-state index contributed by atoms with van der Waals surface area (Å²) in [4.78, 5) is 2.51. The Balaban J connectivity index is 1.87. The zero-order valence-corrected chi connectivity index (χ0v) is 14.4. The minimum atomic E-state index is 0.988.